The first kappa shape index (κ1) is 19.8. The highest BCUT2D eigenvalue weighted by atomic mass is 16.5. The molecule has 0 amide bonds. The molecule has 0 fully saturated rings. The summed E-state index contributed by atoms with van der Waals surface area (Å²) in [6, 6.07) is 0. The second-order valence-electron chi connectivity index (χ2n) is 8.46. The summed E-state index contributed by atoms with van der Waals surface area (Å²) >= 11 is 0. The minimum absolute atomic E-state index is 0.197. The van der Waals surface area contributed by atoms with Crippen molar-refractivity contribution in [2.75, 3.05) is 6.61 Å². The van der Waals surface area contributed by atoms with E-state index in [0.717, 1.165) is 38.7 Å². The predicted molar refractivity (Wildman–Crippen MR) is 109 cm³/mol. The Labute approximate surface area is 159 Å². The summed E-state index contributed by atoms with van der Waals surface area (Å²) < 4.78 is 6.38. The van der Waals surface area contributed by atoms with E-state index in [4.69, 9.17) is 9.73 Å². The second kappa shape index (κ2) is 9.85. The third-order valence-corrected chi connectivity index (χ3v) is 6.22. The van der Waals surface area contributed by atoms with E-state index in [2.05, 4.69) is 19.9 Å². The lowest BCUT2D eigenvalue weighted by atomic mass is 9.86. The summed E-state index contributed by atoms with van der Waals surface area (Å²) in [6.45, 7) is 5.14. The summed E-state index contributed by atoms with van der Waals surface area (Å²) in [6.07, 6.45) is 16.1. The van der Waals surface area contributed by atoms with Gasteiger partial charge in [0.05, 0.1) is 24.5 Å². The lowest BCUT2D eigenvalue weighted by molar-refractivity contribution is 0.0447. The number of ether oxygens (including phenoxy) is 1. The number of nitrogens with zero attached hydrogens (tertiary/aromatic N) is 1. The Morgan fingerprint density at radius 2 is 2.00 bits per heavy atom. The Morgan fingerprint density at radius 3 is 2.85 bits per heavy atom. The van der Waals surface area contributed by atoms with Crippen LogP contribution in [0.2, 0.25) is 0 Å². The molecule has 3 aliphatic rings. The highest BCUT2D eigenvalue weighted by Gasteiger charge is 2.27. The van der Waals surface area contributed by atoms with Gasteiger partial charge >= 0.3 is 0 Å². The van der Waals surface area contributed by atoms with Crippen molar-refractivity contribution in [3.8, 4) is 0 Å². The third kappa shape index (κ3) is 5.29. The molecule has 3 atom stereocenters. The number of unbranched alkanes of at least 4 members (excludes halogenated alkanes) is 2. The van der Waals surface area contributed by atoms with E-state index >= 15 is 0 Å². The van der Waals surface area contributed by atoms with Gasteiger partial charge in [-0.2, -0.15) is 0 Å². The topological polar surface area (TPSA) is 41.8 Å². The molecule has 26 heavy (non-hydrogen) atoms. The highest BCUT2D eigenvalue weighted by Crippen LogP contribution is 2.35. The van der Waals surface area contributed by atoms with Crippen LogP contribution in [-0.4, -0.2) is 29.6 Å². The maximum Gasteiger partial charge on any atom is 0.0994 e. The standard InChI is InChI=1S/C23H37NO2/c1-3-4-5-11-21(25)20-10-6-8-18(15-20)16-26-22-12-7-9-19-14-13-17(2)24-23(19)22/h15,18,21-22,25H,3-14,16H2,1-2H3. The minimum Gasteiger partial charge on any atom is -0.389 e. The molecule has 0 aromatic heterocycles. The van der Waals surface area contributed by atoms with Crippen LogP contribution < -0.4 is 0 Å². The Morgan fingerprint density at radius 1 is 1.15 bits per heavy atom. The van der Waals surface area contributed by atoms with Crippen LogP contribution >= 0.6 is 0 Å². The molecule has 3 rings (SSSR count). The van der Waals surface area contributed by atoms with Gasteiger partial charge in [0.15, 0.2) is 0 Å². The lowest BCUT2D eigenvalue weighted by Gasteiger charge is -2.31. The van der Waals surface area contributed by atoms with Crippen LogP contribution in [0.25, 0.3) is 0 Å². The quantitative estimate of drug-likeness (QED) is 0.444. The van der Waals surface area contributed by atoms with Crippen LogP contribution in [0, 0.1) is 5.92 Å². The van der Waals surface area contributed by atoms with E-state index in [-0.39, 0.29) is 12.2 Å². The van der Waals surface area contributed by atoms with E-state index in [1.54, 1.807) is 0 Å². The number of allylic oxidation sites excluding steroid dienone is 1. The molecule has 1 aliphatic heterocycles. The molecule has 1 heterocycles. The van der Waals surface area contributed by atoms with Crippen molar-refractivity contribution in [2.24, 2.45) is 10.9 Å². The molecule has 0 saturated heterocycles. The zero-order valence-corrected chi connectivity index (χ0v) is 16.8. The number of rotatable bonds is 8. The summed E-state index contributed by atoms with van der Waals surface area (Å²) in [5.74, 6) is 0.458. The Bertz CT molecular complexity index is 561. The largest absolute Gasteiger partial charge is 0.389 e. The maximum absolute atomic E-state index is 10.5. The van der Waals surface area contributed by atoms with Crippen LogP contribution in [0.3, 0.4) is 0 Å². The summed E-state index contributed by atoms with van der Waals surface area (Å²) in [5.41, 5.74) is 5.31. The summed E-state index contributed by atoms with van der Waals surface area (Å²) in [7, 11) is 0. The van der Waals surface area contributed by atoms with Crippen molar-refractivity contribution >= 4 is 5.71 Å². The Balaban J connectivity index is 1.54. The van der Waals surface area contributed by atoms with Crippen LogP contribution in [-0.2, 0) is 4.74 Å². The van der Waals surface area contributed by atoms with Gasteiger partial charge in [0.1, 0.15) is 0 Å². The molecular weight excluding hydrogens is 322 g/mol. The van der Waals surface area contributed by atoms with Gasteiger partial charge in [0.25, 0.3) is 0 Å². The Kier molecular flexibility index (Phi) is 7.51. The molecule has 0 bridgehead atoms. The van der Waals surface area contributed by atoms with Crippen molar-refractivity contribution in [3.63, 3.8) is 0 Å². The van der Waals surface area contributed by atoms with Crippen LogP contribution in [0.1, 0.15) is 90.9 Å². The number of aliphatic imine (C=N–C) groups is 1. The third-order valence-electron chi connectivity index (χ3n) is 6.22. The minimum atomic E-state index is -0.237. The van der Waals surface area contributed by atoms with Gasteiger partial charge in [0.2, 0.25) is 0 Å². The lowest BCUT2D eigenvalue weighted by Crippen LogP contribution is -2.26. The van der Waals surface area contributed by atoms with Gasteiger partial charge in [-0.15, -0.1) is 0 Å². The molecule has 1 N–H and O–H groups in total. The van der Waals surface area contributed by atoms with Crippen LogP contribution in [0.5, 0.6) is 0 Å². The predicted octanol–water partition coefficient (Wildman–Crippen LogP) is 5.73. The molecule has 3 nitrogen and oxygen atoms in total. The molecular formula is C23H37NO2. The van der Waals surface area contributed by atoms with E-state index in [1.807, 2.05) is 0 Å². The number of aliphatic hydroxyl groups excluding tert-OH is 1. The van der Waals surface area contributed by atoms with Gasteiger partial charge in [-0.3, -0.25) is 4.99 Å². The average Bonchev–Trinajstić information content (AvgIpc) is 2.66. The highest BCUT2D eigenvalue weighted by molar-refractivity contribution is 5.84. The fraction of sp³-hybridized carbons (Fsp3) is 0.783. The molecule has 3 heteroatoms. The van der Waals surface area contributed by atoms with Crippen molar-refractivity contribution in [1.29, 1.82) is 0 Å². The molecule has 146 valence electrons. The van der Waals surface area contributed by atoms with Crippen molar-refractivity contribution in [2.45, 2.75) is 103 Å². The second-order valence-corrected chi connectivity index (χ2v) is 8.46. The first-order valence-electron chi connectivity index (χ1n) is 10.9. The first-order valence-corrected chi connectivity index (χ1v) is 10.9. The van der Waals surface area contributed by atoms with Crippen molar-refractivity contribution < 1.29 is 9.84 Å². The summed E-state index contributed by atoms with van der Waals surface area (Å²) in [5, 5.41) is 10.5. The van der Waals surface area contributed by atoms with E-state index in [9.17, 15) is 5.11 Å². The van der Waals surface area contributed by atoms with Crippen LogP contribution in [0.15, 0.2) is 27.9 Å². The van der Waals surface area contributed by atoms with Gasteiger partial charge in [-0.05, 0) is 75.9 Å². The fourth-order valence-electron chi connectivity index (χ4n) is 4.61. The van der Waals surface area contributed by atoms with Crippen molar-refractivity contribution in [3.05, 3.63) is 22.9 Å². The molecule has 0 aromatic carbocycles. The molecule has 0 spiro atoms. The van der Waals surface area contributed by atoms with Gasteiger partial charge in [-0.1, -0.05) is 32.3 Å². The number of hydrogen-bond donors (Lipinski definition) is 1. The fourth-order valence-corrected chi connectivity index (χ4v) is 4.61. The average molecular weight is 360 g/mol. The van der Waals surface area contributed by atoms with Crippen molar-refractivity contribution in [1.82, 2.24) is 0 Å². The van der Waals surface area contributed by atoms with Gasteiger partial charge in [-0.25, -0.2) is 0 Å². The summed E-state index contributed by atoms with van der Waals surface area (Å²) in [4.78, 5) is 4.85. The van der Waals surface area contributed by atoms with Gasteiger partial charge < -0.3 is 9.84 Å². The molecule has 0 saturated carbocycles. The van der Waals surface area contributed by atoms with Crippen LogP contribution in [0.4, 0.5) is 0 Å². The smallest absolute Gasteiger partial charge is 0.0994 e. The monoisotopic (exact) mass is 359 g/mol. The zero-order valence-electron chi connectivity index (χ0n) is 16.8. The number of hydrogen-bond acceptors (Lipinski definition) is 3. The van der Waals surface area contributed by atoms with E-state index < -0.39 is 0 Å². The molecule has 2 aliphatic carbocycles. The molecule has 0 aromatic rings. The van der Waals surface area contributed by atoms with E-state index in [0.29, 0.717) is 5.92 Å². The van der Waals surface area contributed by atoms with E-state index in [1.165, 1.54) is 67.5 Å². The first-order chi connectivity index (χ1) is 12.7. The number of aliphatic hydroxyl groups is 1. The Hall–Kier alpha value is -0.930. The zero-order chi connectivity index (χ0) is 18.4. The normalized spacial score (nSPS) is 27.7. The molecule has 0 radical (unpaired) electrons. The van der Waals surface area contributed by atoms with Gasteiger partial charge in [0, 0.05) is 11.6 Å². The SMILES string of the molecule is CCCCCC(O)C1=CC(COC2CCCC3=C2N=C(C)CC3)CCC1. The maximum atomic E-state index is 10.5. The molecule has 3 unspecified atom stereocenters.